The van der Waals surface area contributed by atoms with E-state index >= 15 is 0 Å². The molecule has 0 heterocycles. The van der Waals surface area contributed by atoms with Gasteiger partial charge < -0.3 is 10.6 Å². The molecule has 0 radical (unpaired) electrons. The predicted octanol–water partition coefficient (Wildman–Crippen LogP) is 4.80. The second kappa shape index (κ2) is 11.3. The second-order valence-corrected chi connectivity index (χ2v) is 6.36. The molecule has 4 nitrogen and oxygen atoms in total. The average molecular weight is 359 g/mol. The Hall–Kier alpha value is -1.26. The van der Waals surface area contributed by atoms with Gasteiger partial charge in [0.25, 0.3) is 0 Å². The third-order valence-electron chi connectivity index (χ3n) is 3.39. The summed E-state index contributed by atoms with van der Waals surface area (Å²) in [5.74, 6) is -1.36. The van der Waals surface area contributed by atoms with Crippen molar-refractivity contribution in [1.82, 2.24) is 5.32 Å². The first-order chi connectivity index (χ1) is 11.0. The number of amides is 2. The van der Waals surface area contributed by atoms with E-state index in [-0.39, 0.29) is 0 Å². The van der Waals surface area contributed by atoms with Crippen molar-refractivity contribution in [2.45, 2.75) is 51.9 Å². The Bertz CT molecular complexity index is 501. The van der Waals surface area contributed by atoms with Gasteiger partial charge in [-0.25, -0.2) is 0 Å². The molecular weight excluding hydrogens is 335 g/mol. The summed E-state index contributed by atoms with van der Waals surface area (Å²) in [6.07, 6.45) is 8.14. The maximum atomic E-state index is 11.8. The zero-order valence-corrected chi connectivity index (χ0v) is 15.0. The lowest BCUT2D eigenvalue weighted by Gasteiger charge is -2.07. The van der Waals surface area contributed by atoms with Crippen molar-refractivity contribution >= 4 is 40.7 Å². The normalized spacial score (nSPS) is 10.4. The Balaban J connectivity index is 2.20. The average Bonchev–Trinajstić information content (AvgIpc) is 2.48. The Kier molecular flexibility index (Phi) is 9.72. The highest BCUT2D eigenvalue weighted by atomic mass is 35.5. The van der Waals surface area contributed by atoms with Crippen LogP contribution >= 0.6 is 23.2 Å². The minimum Gasteiger partial charge on any atom is -0.348 e. The summed E-state index contributed by atoms with van der Waals surface area (Å²) in [5, 5.41) is 5.89. The Morgan fingerprint density at radius 1 is 0.870 bits per heavy atom. The molecule has 0 aliphatic rings. The van der Waals surface area contributed by atoms with Crippen molar-refractivity contribution < 1.29 is 9.59 Å². The quantitative estimate of drug-likeness (QED) is 0.492. The number of rotatable bonds is 9. The summed E-state index contributed by atoms with van der Waals surface area (Å²) in [7, 11) is 0. The van der Waals surface area contributed by atoms with E-state index in [0.29, 0.717) is 22.3 Å². The van der Waals surface area contributed by atoms with Gasteiger partial charge in [0.2, 0.25) is 0 Å². The number of benzene rings is 1. The standard InChI is InChI=1S/C17H24Cl2N2O2/c1-2-3-4-5-6-7-8-9-20-16(22)17(23)21-15-11-13(18)10-14(19)12-15/h10-12H,2-9H2,1H3,(H,20,22)(H,21,23). The first kappa shape index (κ1) is 19.8. The highest BCUT2D eigenvalue weighted by molar-refractivity contribution is 6.40. The summed E-state index contributed by atoms with van der Waals surface area (Å²) in [4.78, 5) is 23.5. The van der Waals surface area contributed by atoms with E-state index in [9.17, 15) is 9.59 Å². The first-order valence-electron chi connectivity index (χ1n) is 8.08. The van der Waals surface area contributed by atoms with Crippen LogP contribution in [-0.2, 0) is 9.59 Å². The number of hydrogen-bond donors (Lipinski definition) is 2. The molecular formula is C17H24Cl2N2O2. The van der Waals surface area contributed by atoms with E-state index in [1.165, 1.54) is 44.2 Å². The minimum atomic E-state index is -0.716. The molecule has 2 amide bonds. The summed E-state index contributed by atoms with van der Waals surface area (Å²) in [6.45, 7) is 2.70. The molecule has 1 rings (SSSR count). The highest BCUT2D eigenvalue weighted by Crippen LogP contribution is 2.22. The molecule has 0 saturated heterocycles. The van der Waals surface area contributed by atoms with E-state index < -0.39 is 11.8 Å². The van der Waals surface area contributed by atoms with Crippen LogP contribution in [0.5, 0.6) is 0 Å². The topological polar surface area (TPSA) is 58.2 Å². The van der Waals surface area contributed by atoms with Crippen molar-refractivity contribution in [3.8, 4) is 0 Å². The Labute approximate surface area is 147 Å². The maximum absolute atomic E-state index is 11.8. The molecule has 0 aromatic heterocycles. The van der Waals surface area contributed by atoms with E-state index in [2.05, 4.69) is 17.6 Å². The minimum absolute atomic E-state index is 0.399. The van der Waals surface area contributed by atoms with E-state index in [4.69, 9.17) is 23.2 Å². The third kappa shape index (κ3) is 8.82. The number of carbonyl (C=O) groups excluding carboxylic acids is 2. The third-order valence-corrected chi connectivity index (χ3v) is 3.83. The number of carbonyl (C=O) groups is 2. The van der Waals surface area contributed by atoms with E-state index in [1.54, 1.807) is 6.07 Å². The van der Waals surface area contributed by atoms with Crippen LogP contribution in [-0.4, -0.2) is 18.4 Å². The van der Waals surface area contributed by atoms with E-state index in [0.717, 1.165) is 12.8 Å². The van der Waals surface area contributed by atoms with Gasteiger partial charge in [0.1, 0.15) is 0 Å². The van der Waals surface area contributed by atoms with Crippen molar-refractivity contribution in [3.05, 3.63) is 28.2 Å². The van der Waals surface area contributed by atoms with E-state index in [1.807, 2.05) is 0 Å². The van der Waals surface area contributed by atoms with Gasteiger partial charge in [-0.1, -0.05) is 68.7 Å². The lowest BCUT2D eigenvalue weighted by atomic mass is 10.1. The van der Waals surface area contributed by atoms with Crippen LogP contribution in [0.25, 0.3) is 0 Å². The second-order valence-electron chi connectivity index (χ2n) is 5.49. The number of anilines is 1. The Morgan fingerprint density at radius 2 is 1.43 bits per heavy atom. The van der Waals surface area contributed by atoms with Gasteiger partial charge in [0, 0.05) is 22.3 Å². The van der Waals surface area contributed by atoms with Gasteiger partial charge in [-0.3, -0.25) is 9.59 Å². The Morgan fingerprint density at radius 3 is 2.04 bits per heavy atom. The molecule has 23 heavy (non-hydrogen) atoms. The van der Waals surface area contributed by atoms with Crippen LogP contribution in [0.2, 0.25) is 10.0 Å². The lowest BCUT2D eigenvalue weighted by molar-refractivity contribution is -0.136. The number of halogens is 2. The molecule has 0 aliphatic carbocycles. The fourth-order valence-electron chi connectivity index (χ4n) is 2.18. The van der Waals surface area contributed by atoms with Crippen molar-refractivity contribution in [2.75, 3.05) is 11.9 Å². The fraction of sp³-hybridized carbons (Fsp3) is 0.529. The molecule has 0 unspecified atom stereocenters. The summed E-state index contributed by atoms with van der Waals surface area (Å²) >= 11 is 11.7. The molecule has 2 N–H and O–H groups in total. The van der Waals surface area contributed by atoms with Crippen LogP contribution in [0, 0.1) is 0 Å². The monoisotopic (exact) mass is 358 g/mol. The van der Waals surface area contributed by atoms with Crippen LogP contribution in [0.4, 0.5) is 5.69 Å². The highest BCUT2D eigenvalue weighted by Gasteiger charge is 2.13. The van der Waals surface area contributed by atoms with Gasteiger partial charge >= 0.3 is 11.8 Å². The molecule has 1 aromatic carbocycles. The van der Waals surface area contributed by atoms with Gasteiger partial charge in [0.05, 0.1) is 0 Å². The molecule has 0 bridgehead atoms. The van der Waals surface area contributed by atoms with Crippen molar-refractivity contribution in [3.63, 3.8) is 0 Å². The SMILES string of the molecule is CCCCCCCCCNC(=O)C(=O)Nc1cc(Cl)cc(Cl)c1. The van der Waals surface area contributed by atoms with Crippen LogP contribution < -0.4 is 10.6 Å². The van der Waals surface area contributed by atoms with Gasteiger partial charge in [0.15, 0.2) is 0 Å². The smallest absolute Gasteiger partial charge is 0.313 e. The van der Waals surface area contributed by atoms with Gasteiger partial charge in [-0.05, 0) is 24.6 Å². The van der Waals surface area contributed by atoms with Crippen LogP contribution in [0.1, 0.15) is 51.9 Å². The largest absolute Gasteiger partial charge is 0.348 e. The maximum Gasteiger partial charge on any atom is 0.313 e. The summed E-state index contributed by atoms with van der Waals surface area (Å²) in [5.41, 5.74) is 0.401. The summed E-state index contributed by atoms with van der Waals surface area (Å²) < 4.78 is 0. The fourth-order valence-corrected chi connectivity index (χ4v) is 2.70. The predicted molar refractivity (Wildman–Crippen MR) is 96.1 cm³/mol. The molecule has 0 aliphatic heterocycles. The van der Waals surface area contributed by atoms with Crippen LogP contribution in [0.15, 0.2) is 18.2 Å². The zero-order valence-electron chi connectivity index (χ0n) is 13.5. The number of hydrogen-bond acceptors (Lipinski definition) is 2. The molecule has 0 spiro atoms. The number of unbranched alkanes of at least 4 members (excludes halogenated alkanes) is 6. The van der Waals surface area contributed by atoms with Gasteiger partial charge in [-0.15, -0.1) is 0 Å². The number of nitrogens with one attached hydrogen (secondary N) is 2. The molecule has 0 saturated carbocycles. The molecule has 1 aromatic rings. The molecule has 0 atom stereocenters. The molecule has 0 fully saturated rings. The zero-order chi connectivity index (χ0) is 17.1. The summed E-state index contributed by atoms with van der Waals surface area (Å²) in [6, 6.07) is 4.63. The van der Waals surface area contributed by atoms with Crippen LogP contribution in [0.3, 0.4) is 0 Å². The van der Waals surface area contributed by atoms with Crippen molar-refractivity contribution in [1.29, 1.82) is 0 Å². The first-order valence-corrected chi connectivity index (χ1v) is 8.83. The van der Waals surface area contributed by atoms with Gasteiger partial charge in [-0.2, -0.15) is 0 Å². The lowest BCUT2D eigenvalue weighted by Crippen LogP contribution is -2.35. The molecule has 128 valence electrons. The van der Waals surface area contributed by atoms with Crippen molar-refractivity contribution in [2.24, 2.45) is 0 Å². The molecule has 6 heteroatoms.